The van der Waals surface area contributed by atoms with E-state index in [-0.39, 0.29) is 48.6 Å². The standard InChI is InChI=1S/C36H47N5O6/c1-22(37-2)32(42)40-31(24-11-5-4-6-12-24)35(45)41-21-27(38-33(43)25-16-18-26(19-17-25)36(46)47-3)20-30(41)34(44)39-29-15-9-13-23-10-7-8-14-28(23)29/h7-8,10,14,16-19,22,24,27,29-31,37H,4-6,9,11-13,15,20-21H2,1-3H3,(H,38,43)(H,39,44)(H,40,42). The minimum absolute atomic E-state index is 0.0415. The number of likely N-dealkylation sites (N-methyl/N-ethyl adjacent to an activating group) is 1. The maximum atomic E-state index is 14.5. The lowest BCUT2D eigenvalue weighted by Gasteiger charge is -2.35. The van der Waals surface area contributed by atoms with Gasteiger partial charge >= 0.3 is 5.97 Å². The Kier molecular flexibility index (Phi) is 11.3. The molecule has 2 aliphatic carbocycles. The quantitative estimate of drug-likeness (QED) is 0.291. The number of ether oxygens (including phenoxy) is 1. The first kappa shape index (κ1) is 34.1. The molecule has 11 nitrogen and oxygen atoms in total. The zero-order valence-electron chi connectivity index (χ0n) is 27.6. The number of carbonyl (C=O) groups is 5. The van der Waals surface area contributed by atoms with Crippen LogP contribution in [0.2, 0.25) is 0 Å². The van der Waals surface area contributed by atoms with E-state index in [1.54, 1.807) is 31.0 Å². The molecule has 1 aliphatic heterocycles. The van der Waals surface area contributed by atoms with Crippen molar-refractivity contribution in [3.63, 3.8) is 0 Å². The smallest absolute Gasteiger partial charge is 0.337 e. The molecule has 0 aromatic heterocycles. The number of esters is 1. The third kappa shape index (κ3) is 8.01. The molecular weight excluding hydrogens is 598 g/mol. The summed E-state index contributed by atoms with van der Waals surface area (Å²) in [5.74, 6) is -1.74. The third-order valence-electron chi connectivity index (χ3n) is 9.99. The molecule has 0 spiro atoms. The highest BCUT2D eigenvalue weighted by molar-refractivity contribution is 5.97. The van der Waals surface area contributed by atoms with E-state index in [1.807, 2.05) is 18.2 Å². The Hall–Kier alpha value is -4.25. The SMILES string of the molecule is CNC(C)C(=O)NC(C(=O)N1CC(NC(=O)c2ccc(C(=O)OC)cc2)CC1C(=O)NC1CCCc2ccccc21)C1CCCCC1. The van der Waals surface area contributed by atoms with Crippen LogP contribution in [-0.4, -0.2) is 79.4 Å². The van der Waals surface area contributed by atoms with Gasteiger partial charge in [0.25, 0.3) is 5.91 Å². The van der Waals surface area contributed by atoms with Gasteiger partial charge in [0, 0.05) is 18.2 Å². The van der Waals surface area contributed by atoms with Gasteiger partial charge in [-0.25, -0.2) is 4.79 Å². The van der Waals surface area contributed by atoms with Crippen molar-refractivity contribution >= 4 is 29.6 Å². The normalized spacial score (nSPS) is 22.4. The zero-order chi connectivity index (χ0) is 33.5. The number of likely N-dealkylation sites (tertiary alicyclic amines) is 1. The first-order valence-electron chi connectivity index (χ1n) is 16.9. The molecule has 3 aliphatic rings. The van der Waals surface area contributed by atoms with Crippen molar-refractivity contribution in [2.45, 2.75) is 94.9 Å². The lowest BCUT2D eigenvalue weighted by Crippen LogP contribution is -2.58. The lowest BCUT2D eigenvalue weighted by molar-refractivity contribution is -0.143. The predicted octanol–water partition coefficient (Wildman–Crippen LogP) is 3.04. The molecule has 5 atom stereocenters. The van der Waals surface area contributed by atoms with Gasteiger partial charge in [-0.05, 0) is 93.8 Å². The highest BCUT2D eigenvalue weighted by Gasteiger charge is 2.45. The van der Waals surface area contributed by atoms with E-state index in [4.69, 9.17) is 4.74 Å². The van der Waals surface area contributed by atoms with Crippen LogP contribution < -0.4 is 21.3 Å². The molecule has 4 N–H and O–H groups in total. The number of carbonyl (C=O) groups excluding carboxylic acids is 5. The Labute approximate surface area is 276 Å². The third-order valence-corrected chi connectivity index (χ3v) is 9.99. The van der Waals surface area contributed by atoms with Gasteiger partial charge in [-0.3, -0.25) is 19.2 Å². The maximum Gasteiger partial charge on any atom is 0.337 e. The zero-order valence-corrected chi connectivity index (χ0v) is 27.6. The number of aryl methyl sites for hydroxylation is 1. The van der Waals surface area contributed by atoms with Gasteiger partial charge in [-0.1, -0.05) is 43.5 Å². The van der Waals surface area contributed by atoms with Gasteiger partial charge in [0.05, 0.1) is 24.8 Å². The van der Waals surface area contributed by atoms with Crippen molar-refractivity contribution in [3.8, 4) is 0 Å². The fourth-order valence-corrected chi connectivity index (χ4v) is 7.19. The number of hydrogen-bond acceptors (Lipinski definition) is 7. The number of nitrogens with zero attached hydrogens (tertiary/aromatic N) is 1. The average Bonchev–Trinajstić information content (AvgIpc) is 3.54. The topological polar surface area (TPSA) is 146 Å². The van der Waals surface area contributed by atoms with Crippen LogP contribution in [0.1, 0.15) is 96.2 Å². The number of amides is 4. The van der Waals surface area contributed by atoms with Crippen LogP contribution in [0.15, 0.2) is 48.5 Å². The number of nitrogens with one attached hydrogen (secondary N) is 4. The molecule has 1 heterocycles. The van der Waals surface area contributed by atoms with Gasteiger partial charge in [-0.15, -0.1) is 0 Å². The molecule has 0 radical (unpaired) electrons. The molecule has 2 aromatic carbocycles. The Morgan fingerprint density at radius 1 is 0.872 bits per heavy atom. The van der Waals surface area contributed by atoms with E-state index in [0.717, 1.165) is 56.9 Å². The van der Waals surface area contributed by atoms with Gasteiger partial charge in [0.15, 0.2) is 0 Å². The molecule has 0 bridgehead atoms. The Bertz CT molecular complexity index is 1460. The highest BCUT2D eigenvalue weighted by Crippen LogP contribution is 2.32. The van der Waals surface area contributed by atoms with E-state index < -0.39 is 30.1 Å². The second-order valence-corrected chi connectivity index (χ2v) is 13.0. The van der Waals surface area contributed by atoms with Crippen LogP contribution in [-0.2, 0) is 25.5 Å². The number of fused-ring (bicyclic) bond motifs is 1. The summed E-state index contributed by atoms with van der Waals surface area (Å²) in [4.78, 5) is 68.4. The molecular formula is C36H47N5O6. The molecule has 1 saturated heterocycles. The first-order valence-corrected chi connectivity index (χ1v) is 16.9. The highest BCUT2D eigenvalue weighted by atomic mass is 16.5. The van der Waals surface area contributed by atoms with Crippen molar-refractivity contribution in [2.75, 3.05) is 20.7 Å². The minimum atomic E-state index is -0.826. The molecule has 47 heavy (non-hydrogen) atoms. The van der Waals surface area contributed by atoms with Crippen LogP contribution >= 0.6 is 0 Å². The Morgan fingerprint density at radius 3 is 2.28 bits per heavy atom. The molecule has 2 aromatic rings. The van der Waals surface area contributed by atoms with E-state index in [0.29, 0.717) is 11.1 Å². The summed E-state index contributed by atoms with van der Waals surface area (Å²) in [7, 11) is 2.99. The van der Waals surface area contributed by atoms with Crippen LogP contribution in [0.3, 0.4) is 0 Å². The number of benzene rings is 2. The monoisotopic (exact) mass is 645 g/mol. The average molecular weight is 646 g/mol. The largest absolute Gasteiger partial charge is 0.465 e. The van der Waals surface area contributed by atoms with Crippen molar-refractivity contribution < 1.29 is 28.7 Å². The van der Waals surface area contributed by atoms with Gasteiger partial charge in [-0.2, -0.15) is 0 Å². The van der Waals surface area contributed by atoms with E-state index in [1.165, 1.54) is 24.8 Å². The molecule has 11 heteroatoms. The predicted molar refractivity (Wildman–Crippen MR) is 176 cm³/mol. The molecule has 2 fully saturated rings. The summed E-state index contributed by atoms with van der Waals surface area (Å²) >= 11 is 0. The summed E-state index contributed by atoms with van der Waals surface area (Å²) in [6, 6.07) is 11.5. The number of rotatable bonds is 10. The lowest BCUT2D eigenvalue weighted by atomic mass is 9.83. The van der Waals surface area contributed by atoms with Gasteiger partial charge in [0.2, 0.25) is 17.7 Å². The van der Waals surface area contributed by atoms with E-state index in [9.17, 15) is 24.0 Å². The van der Waals surface area contributed by atoms with Crippen molar-refractivity contribution in [2.24, 2.45) is 5.92 Å². The molecule has 5 unspecified atom stereocenters. The van der Waals surface area contributed by atoms with Crippen molar-refractivity contribution in [1.29, 1.82) is 0 Å². The molecule has 1 saturated carbocycles. The van der Waals surface area contributed by atoms with E-state index in [2.05, 4.69) is 27.3 Å². The summed E-state index contributed by atoms with van der Waals surface area (Å²) in [6.45, 7) is 1.87. The van der Waals surface area contributed by atoms with Crippen LogP contribution in [0, 0.1) is 5.92 Å². The first-order chi connectivity index (χ1) is 22.7. The van der Waals surface area contributed by atoms with Crippen LogP contribution in [0.25, 0.3) is 0 Å². The van der Waals surface area contributed by atoms with Crippen molar-refractivity contribution in [1.82, 2.24) is 26.2 Å². The number of methoxy groups -OCH3 is 1. The summed E-state index contributed by atoms with van der Waals surface area (Å²) in [5.41, 5.74) is 2.98. The van der Waals surface area contributed by atoms with Crippen molar-refractivity contribution in [3.05, 3.63) is 70.8 Å². The molecule has 5 rings (SSSR count). The Balaban J connectivity index is 1.38. The molecule has 4 amide bonds. The van der Waals surface area contributed by atoms with E-state index >= 15 is 0 Å². The maximum absolute atomic E-state index is 14.5. The van der Waals surface area contributed by atoms with Gasteiger partial charge in [0.1, 0.15) is 12.1 Å². The second kappa shape index (κ2) is 15.6. The summed E-state index contributed by atoms with van der Waals surface area (Å²) < 4.78 is 4.75. The Morgan fingerprint density at radius 2 is 1.57 bits per heavy atom. The summed E-state index contributed by atoms with van der Waals surface area (Å²) in [5, 5.41) is 12.2. The van der Waals surface area contributed by atoms with Gasteiger partial charge < -0.3 is 30.9 Å². The number of hydrogen-bond donors (Lipinski definition) is 4. The minimum Gasteiger partial charge on any atom is -0.465 e. The van der Waals surface area contributed by atoms with Crippen LogP contribution in [0.4, 0.5) is 0 Å². The summed E-state index contributed by atoms with van der Waals surface area (Å²) in [6.07, 6.45) is 7.61. The fourth-order valence-electron chi connectivity index (χ4n) is 7.19. The van der Waals surface area contributed by atoms with Crippen LogP contribution in [0.5, 0.6) is 0 Å². The second-order valence-electron chi connectivity index (χ2n) is 13.0. The molecule has 252 valence electrons. The fraction of sp³-hybridized carbons (Fsp3) is 0.528.